The first-order valence-corrected chi connectivity index (χ1v) is 9.48. The lowest BCUT2D eigenvalue weighted by atomic mass is 10.1. The number of allylic oxidation sites excluding steroid dienone is 1. The molecule has 25 heavy (non-hydrogen) atoms. The highest BCUT2D eigenvalue weighted by Crippen LogP contribution is 2.24. The molecule has 0 unspecified atom stereocenters. The summed E-state index contributed by atoms with van der Waals surface area (Å²) in [5, 5.41) is 10.5. The van der Waals surface area contributed by atoms with E-state index in [2.05, 4.69) is 52.5 Å². The van der Waals surface area contributed by atoms with Crippen molar-refractivity contribution in [1.29, 1.82) is 0 Å². The number of hydrogen-bond acceptors (Lipinski definition) is 3. The molecule has 3 nitrogen and oxygen atoms in total. The molecule has 128 valence electrons. The highest BCUT2D eigenvalue weighted by Gasteiger charge is 2.13. The molecule has 0 bridgehead atoms. The van der Waals surface area contributed by atoms with E-state index in [-0.39, 0.29) is 0 Å². The quantitative estimate of drug-likeness (QED) is 0.417. The zero-order chi connectivity index (χ0) is 17.6. The van der Waals surface area contributed by atoms with Crippen molar-refractivity contribution in [2.75, 3.05) is 0 Å². The fraction of sp³-hybridized carbons (Fsp3) is 0.200. The molecule has 0 aliphatic rings. The second kappa shape index (κ2) is 8.37. The first-order valence-electron chi connectivity index (χ1n) is 8.12. The molecule has 0 saturated heterocycles. The molecule has 2 aromatic carbocycles. The molecule has 0 N–H and O–H groups in total. The summed E-state index contributed by atoms with van der Waals surface area (Å²) in [7, 11) is 0. The first-order chi connectivity index (χ1) is 12.2. The van der Waals surface area contributed by atoms with Gasteiger partial charge < -0.3 is 4.57 Å². The van der Waals surface area contributed by atoms with Gasteiger partial charge in [0.2, 0.25) is 0 Å². The molecule has 0 spiro atoms. The van der Waals surface area contributed by atoms with E-state index < -0.39 is 0 Å². The van der Waals surface area contributed by atoms with Gasteiger partial charge in [-0.1, -0.05) is 65.8 Å². The van der Waals surface area contributed by atoms with E-state index in [1.165, 1.54) is 11.1 Å². The van der Waals surface area contributed by atoms with E-state index in [0.717, 1.165) is 33.7 Å². The Kier molecular flexibility index (Phi) is 5.95. The van der Waals surface area contributed by atoms with Crippen molar-refractivity contribution in [2.24, 2.45) is 0 Å². The lowest BCUT2D eigenvalue weighted by Gasteiger charge is -2.09. The van der Waals surface area contributed by atoms with Crippen LogP contribution in [0.3, 0.4) is 0 Å². The van der Waals surface area contributed by atoms with Crippen molar-refractivity contribution in [3.63, 3.8) is 0 Å². The summed E-state index contributed by atoms with van der Waals surface area (Å²) in [6.45, 7) is 6.70. The van der Waals surface area contributed by atoms with Crippen LogP contribution in [0.2, 0.25) is 5.02 Å². The van der Waals surface area contributed by atoms with Crippen LogP contribution < -0.4 is 0 Å². The van der Waals surface area contributed by atoms with E-state index in [9.17, 15) is 0 Å². The lowest BCUT2D eigenvalue weighted by Crippen LogP contribution is -2.05. The van der Waals surface area contributed by atoms with Crippen LogP contribution >= 0.6 is 23.4 Å². The van der Waals surface area contributed by atoms with E-state index in [0.29, 0.717) is 6.54 Å². The average Bonchev–Trinajstić information content (AvgIpc) is 2.98. The SMILES string of the molecule is C=CCn1c(Cc2ccc(Cl)cc2)nnc1SCc1ccccc1C. The molecule has 0 aliphatic carbocycles. The van der Waals surface area contributed by atoms with Gasteiger partial charge in [0.15, 0.2) is 5.16 Å². The summed E-state index contributed by atoms with van der Waals surface area (Å²) in [6.07, 6.45) is 2.61. The Morgan fingerprint density at radius 2 is 1.88 bits per heavy atom. The summed E-state index contributed by atoms with van der Waals surface area (Å²) >= 11 is 7.67. The van der Waals surface area contributed by atoms with Crippen LogP contribution in [-0.2, 0) is 18.7 Å². The molecular weight excluding hydrogens is 350 g/mol. The Morgan fingerprint density at radius 3 is 2.60 bits per heavy atom. The van der Waals surface area contributed by atoms with Crippen molar-refractivity contribution in [3.8, 4) is 0 Å². The van der Waals surface area contributed by atoms with Gasteiger partial charge >= 0.3 is 0 Å². The highest BCUT2D eigenvalue weighted by molar-refractivity contribution is 7.98. The van der Waals surface area contributed by atoms with Gasteiger partial charge in [-0.05, 0) is 35.7 Å². The third-order valence-electron chi connectivity index (χ3n) is 4.00. The van der Waals surface area contributed by atoms with Crippen LogP contribution in [0.1, 0.15) is 22.5 Å². The Hall–Kier alpha value is -2.04. The van der Waals surface area contributed by atoms with Crippen molar-refractivity contribution in [3.05, 3.63) is 88.7 Å². The standard InChI is InChI=1S/C20H20ClN3S/c1-3-12-24-19(13-16-8-10-18(21)11-9-16)22-23-20(24)25-14-17-7-5-4-6-15(17)2/h3-11H,1,12-14H2,2H3. The maximum Gasteiger partial charge on any atom is 0.191 e. The monoisotopic (exact) mass is 369 g/mol. The van der Waals surface area contributed by atoms with Gasteiger partial charge in [0, 0.05) is 23.7 Å². The fourth-order valence-electron chi connectivity index (χ4n) is 2.57. The molecule has 0 amide bonds. The lowest BCUT2D eigenvalue weighted by molar-refractivity contribution is 0.690. The zero-order valence-corrected chi connectivity index (χ0v) is 15.7. The predicted molar refractivity (Wildman–Crippen MR) is 105 cm³/mol. The molecule has 0 saturated carbocycles. The minimum absolute atomic E-state index is 0.700. The molecule has 3 rings (SSSR count). The number of rotatable bonds is 7. The number of nitrogens with zero attached hydrogens (tertiary/aromatic N) is 3. The third-order valence-corrected chi connectivity index (χ3v) is 5.27. The Labute approximate surface area is 157 Å². The number of benzene rings is 2. The number of thioether (sulfide) groups is 1. The summed E-state index contributed by atoms with van der Waals surface area (Å²) < 4.78 is 2.13. The number of aromatic nitrogens is 3. The fourth-order valence-corrected chi connectivity index (χ4v) is 3.74. The minimum atomic E-state index is 0.700. The second-order valence-electron chi connectivity index (χ2n) is 5.82. The predicted octanol–water partition coefficient (Wildman–Crippen LogP) is 5.31. The zero-order valence-electron chi connectivity index (χ0n) is 14.2. The van der Waals surface area contributed by atoms with Crippen molar-refractivity contribution in [1.82, 2.24) is 14.8 Å². The van der Waals surface area contributed by atoms with E-state index >= 15 is 0 Å². The molecule has 3 aromatic rings. The topological polar surface area (TPSA) is 30.7 Å². The van der Waals surface area contributed by atoms with Crippen molar-refractivity contribution in [2.45, 2.75) is 30.8 Å². The van der Waals surface area contributed by atoms with Gasteiger partial charge in [-0.3, -0.25) is 0 Å². The normalized spacial score (nSPS) is 10.8. The molecule has 1 aromatic heterocycles. The first kappa shape index (κ1) is 17.8. The van der Waals surface area contributed by atoms with Gasteiger partial charge in [-0.2, -0.15) is 0 Å². The molecular formula is C20H20ClN3S. The average molecular weight is 370 g/mol. The third kappa shape index (κ3) is 4.53. The largest absolute Gasteiger partial charge is 0.302 e. The van der Waals surface area contributed by atoms with Crippen LogP contribution in [0.4, 0.5) is 0 Å². The van der Waals surface area contributed by atoms with Gasteiger partial charge in [-0.25, -0.2) is 0 Å². The molecule has 5 heteroatoms. The van der Waals surface area contributed by atoms with Crippen LogP contribution in [-0.4, -0.2) is 14.8 Å². The minimum Gasteiger partial charge on any atom is -0.302 e. The Morgan fingerprint density at radius 1 is 1.12 bits per heavy atom. The molecule has 0 aliphatic heterocycles. The van der Waals surface area contributed by atoms with Crippen molar-refractivity contribution < 1.29 is 0 Å². The van der Waals surface area contributed by atoms with Gasteiger partial charge in [0.25, 0.3) is 0 Å². The summed E-state index contributed by atoms with van der Waals surface area (Å²) in [6, 6.07) is 16.3. The molecule has 0 atom stereocenters. The number of hydrogen-bond donors (Lipinski definition) is 0. The summed E-state index contributed by atoms with van der Waals surface area (Å²) in [5.74, 6) is 1.82. The maximum atomic E-state index is 5.96. The van der Waals surface area contributed by atoms with Crippen LogP contribution in [0.15, 0.2) is 66.3 Å². The number of halogens is 1. The van der Waals surface area contributed by atoms with Crippen molar-refractivity contribution >= 4 is 23.4 Å². The van der Waals surface area contributed by atoms with E-state index in [1.54, 1.807) is 11.8 Å². The molecule has 1 heterocycles. The highest BCUT2D eigenvalue weighted by atomic mass is 35.5. The Balaban J connectivity index is 1.78. The smallest absolute Gasteiger partial charge is 0.191 e. The van der Waals surface area contributed by atoms with Gasteiger partial charge in [-0.15, -0.1) is 16.8 Å². The molecule has 0 fully saturated rings. The Bertz CT molecular complexity index is 856. The van der Waals surface area contributed by atoms with Gasteiger partial charge in [0.1, 0.15) is 5.82 Å². The molecule has 0 radical (unpaired) electrons. The van der Waals surface area contributed by atoms with Gasteiger partial charge in [0.05, 0.1) is 0 Å². The van der Waals surface area contributed by atoms with Crippen LogP contribution in [0.5, 0.6) is 0 Å². The summed E-state index contributed by atoms with van der Waals surface area (Å²) in [5.41, 5.74) is 3.78. The van der Waals surface area contributed by atoms with Crippen LogP contribution in [0, 0.1) is 6.92 Å². The number of aryl methyl sites for hydroxylation is 1. The van der Waals surface area contributed by atoms with E-state index in [1.807, 2.05) is 30.3 Å². The second-order valence-corrected chi connectivity index (χ2v) is 7.20. The van der Waals surface area contributed by atoms with Crippen LogP contribution in [0.25, 0.3) is 0 Å². The maximum absolute atomic E-state index is 5.96. The van der Waals surface area contributed by atoms with E-state index in [4.69, 9.17) is 11.6 Å². The summed E-state index contributed by atoms with van der Waals surface area (Å²) in [4.78, 5) is 0.